The molecule has 0 aliphatic carbocycles. The number of carbonyl (C=O) groups is 2. The Morgan fingerprint density at radius 2 is 1.68 bits per heavy atom. The quantitative estimate of drug-likeness (QED) is 0.910. The molecule has 1 saturated heterocycles. The number of amides is 2. The molecule has 0 aromatic heterocycles. The van der Waals surface area contributed by atoms with Gasteiger partial charge in [-0.05, 0) is 55.0 Å². The molecule has 3 rings (SSSR count). The fourth-order valence-electron chi connectivity index (χ4n) is 2.70. The number of anilines is 2. The van der Waals surface area contributed by atoms with E-state index in [0.717, 1.165) is 18.4 Å². The highest BCUT2D eigenvalue weighted by atomic mass is 32.2. The highest BCUT2D eigenvalue weighted by Crippen LogP contribution is 2.22. The molecule has 6 nitrogen and oxygen atoms in total. The van der Waals surface area contributed by atoms with Gasteiger partial charge >= 0.3 is 0 Å². The molecule has 130 valence electrons. The Hall–Kier alpha value is -2.67. The van der Waals surface area contributed by atoms with Crippen LogP contribution in [0.4, 0.5) is 11.4 Å². The Morgan fingerprint density at radius 1 is 1.04 bits per heavy atom. The lowest BCUT2D eigenvalue weighted by Crippen LogP contribution is -2.23. The molecule has 0 bridgehead atoms. The predicted molar refractivity (Wildman–Crippen MR) is 95.5 cm³/mol. The van der Waals surface area contributed by atoms with E-state index in [1.54, 1.807) is 41.3 Å². The summed E-state index contributed by atoms with van der Waals surface area (Å²) in [6.07, 6.45) is 2.55. The Kier molecular flexibility index (Phi) is 4.59. The first-order valence-corrected chi connectivity index (χ1v) is 9.76. The first kappa shape index (κ1) is 17.2. The number of hydrogen-bond acceptors (Lipinski definition) is 4. The number of rotatable bonds is 4. The summed E-state index contributed by atoms with van der Waals surface area (Å²) in [7, 11) is -3.26. The smallest absolute Gasteiger partial charge is 0.255 e. The molecule has 0 atom stereocenters. The molecular weight excluding hydrogens is 340 g/mol. The maximum atomic E-state index is 12.3. The second-order valence-electron chi connectivity index (χ2n) is 5.95. The fourth-order valence-corrected chi connectivity index (χ4v) is 3.33. The SMILES string of the molecule is CS(=O)(=O)c1ccc(NC(=O)c2ccc(N3CCCC3=O)cc2)cc1. The van der Waals surface area contributed by atoms with Crippen LogP contribution in [0, 0.1) is 0 Å². The Labute approximate surface area is 146 Å². The van der Waals surface area contributed by atoms with Crippen LogP contribution in [0.2, 0.25) is 0 Å². The van der Waals surface area contributed by atoms with Gasteiger partial charge in [0.25, 0.3) is 5.91 Å². The van der Waals surface area contributed by atoms with Crippen molar-refractivity contribution >= 4 is 33.0 Å². The first-order valence-electron chi connectivity index (χ1n) is 7.86. The number of benzene rings is 2. The number of carbonyl (C=O) groups excluding carboxylic acids is 2. The molecule has 1 fully saturated rings. The minimum Gasteiger partial charge on any atom is -0.322 e. The van der Waals surface area contributed by atoms with Crippen molar-refractivity contribution in [2.24, 2.45) is 0 Å². The molecule has 7 heteroatoms. The van der Waals surface area contributed by atoms with Crippen LogP contribution in [0.15, 0.2) is 53.4 Å². The van der Waals surface area contributed by atoms with Crippen LogP contribution >= 0.6 is 0 Å². The molecule has 0 saturated carbocycles. The Bertz CT molecular complexity index is 903. The van der Waals surface area contributed by atoms with Crippen LogP contribution in [-0.4, -0.2) is 33.0 Å². The number of sulfone groups is 1. The second kappa shape index (κ2) is 6.68. The summed E-state index contributed by atoms with van der Waals surface area (Å²) in [6, 6.07) is 12.8. The van der Waals surface area contributed by atoms with E-state index in [2.05, 4.69) is 5.32 Å². The predicted octanol–water partition coefficient (Wildman–Crippen LogP) is 2.47. The summed E-state index contributed by atoms with van der Waals surface area (Å²) in [5.74, 6) is -0.199. The molecule has 2 aromatic carbocycles. The molecule has 25 heavy (non-hydrogen) atoms. The molecular formula is C18H18N2O4S. The first-order chi connectivity index (χ1) is 11.8. The van der Waals surface area contributed by atoms with Crippen LogP contribution in [0.1, 0.15) is 23.2 Å². The zero-order valence-corrected chi connectivity index (χ0v) is 14.5. The van der Waals surface area contributed by atoms with Gasteiger partial charge in [0.15, 0.2) is 9.84 Å². The summed E-state index contributed by atoms with van der Waals surface area (Å²) < 4.78 is 22.9. The summed E-state index contributed by atoms with van der Waals surface area (Å²) in [5, 5.41) is 2.72. The lowest BCUT2D eigenvalue weighted by Gasteiger charge is -2.15. The topological polar surface area (TPSA) is 83.6 Å². The third-order valence-corrected chi connectivity index (χ3v) is 5.18. The van der Waals surface area contributed by atoms with Crippen LogP contribution in [0.25, 0.3) is 0 Å². The zero-order chi connectivity index (χ0) is 18.0. The van der Waals surface area contributed by atoms with Crippen molar-refractivity contribution in [3.8, 4) is 0 Å². The molecule has 2 aromatic rings. The van der Waals surface area contributed by atoms with Crippen molar-refractivity contribution in [1.29, 1.82) is 0 Å². The van der Waals surface area contributed by atoms with Gasteiger partial charge in [-0.3, -0.25) is 9.59 Å². The average molecular weight is 358 g/mol. The van der Waals surface area contributed by atoms with Crippen LogP contribution in [0.3, 0.4) is 0 Å². The third kappa shape index (κ3) is 3.88. The molecule has 2 amide bonds. The molecule has 0 unspecified atom stereocenters. The van der Waals surface area contributed by atoms with E-state index in [9.17, 15) is 18.0 Å². The van der Waals surface area contributed by atoms with Gasteiger partial charge in [-0.15, -0.1) is 0 Å². The fraction of sp³-hybridized carbons (Fsp3) is 0.222. The number of nitrogens with one attached hydrogen (secondary N) is 1. The van der Waals surface area contributed by atoms with Gasteiger partial charge in [0, 0.05) is 36.2 Å². The second-order valence-corrected chi connectivity index (χ2v) is 7.96. The zero-order valence-electron chi connectivity index (χ0n) is 13.7. The van der Waals surface area contributed by atoms with E-state index < -0.39 is 9.84 Å². The average Bonchev–Trinajstić information content (AvgIpc) is 3.01. The van der Waals surface area contributed by atoms with Gasteiger partial charge < -0.3 is 10.2 Å². The van der Waals surface area contributed by atoms with Crippen molar-refractivity contribution in [3.63, 3.8) is 0 Å². The Balaban J connectivity index is 1.70. The van der Waals surface area contributed by atoms with E-state index in [1.807, 2.05) is 0 Å². The maximum Gasteiger partial charge on any atom is 0.255 e. The number of nitrogens with zero attached hydrogens (tertiary/aromatic N) is 1. The van der Waals surface area contributed by atoms with Crippen LogP contribution in [-0.2, 0) is 14.6 Å². The van der Waals surface area contributed by atoms with E-state index in [4.69, 9.17) is 0 Å². The van der Waals surface area contributed by atoms with Gasteiger partial charge in [0.2, 0.25) is 5.91 Å². The molecule has 0 radical (unpaired) electrons. The number of hydrogen-bond donors (Lipinski definition) is 1. The monoisotopic (exact) mass is 358 g/mol. The van der Waals surface area contributed by atoms with Crippen molar-refractivity contribution in [3.05, 3.63) is 54.1 Å². The minimum atomic E-state index is -3.26. The molecule has 1 aliphatic rings. The highest BCUT2D eigenvalue weighted by molar-refractivity contribution is 7.90. The van der Waals surface area contributed by atoms with Gasteiger partial charge in [-0.1, -0.05) is 0 Å². The summed E-state index contributed by atoms with van der Waals surface area (Å²) >= 11 is 0. The molecule has 1 aliphatic heterocycles. The van der Waals surface area contributed by atoms with Gasteiger partial charge in [-0.2, -0.15) is 0 Å². The highest BCUT2D eigenvalue weighted by Gasteiger charge is 2.21. The Morgan fingerprint density at radius 3 is 2.20 bits per heavy atom. The van der Waals surface area contributed by atoms with Crippen molar-refractivity contribution in [1.82, 2.24) is 0 Å². The molecule has 1 heterocycles. The van der Waals surface area contributed by atoms with Crippen LogP contribution in [0.5, 0.6) is 0 Å². The minimum absolute atomic E-state index is 0.100. The summed E-state index contributed by atoms with van der Waals surface area (Å²) in [6.45, 7) is 0.705. The van der Waals surface area contributed by atoms with Gasteiger partial charge in [-0.25, -0.2) is 8.42 Å². The lowest BCUT2D eigenvalue weighted by atomic mass is 10.1. The van der Waals surface area contributed by atoms with E-state index in [1.165, 1.54) is 12.1 Å². The van der Waals surface area contributed by atoms with Gasteiger partial charge in [0.1, 0.15) is 0 Å². The standard InChI is InChI=1S/C18H18N2O4S/c1-25(23,24)16-10-6-14(7-11-16)19-18(22)13-4-8-15(9-5-13)20-12-2-3-17(20)21/h4-11H,2-3,12H2,1H3,(H,19,22). The van der Waals surface area contributed by atoms with E-state index in [0.29, 0.717) is 24.2 Å². The summed E-state index contributed by atoms with van der Waals surface area (Å²) in [5.41, 5.74) is 1.76. The normalized spacial score (nSPS) is 14.6. The third-order valence-electron chi connectivity index (χ3n) is 4.05. The molecule has 1 N–H and O–H groups in total. The lowest BCUT2D eigenvalue weighted by molar-refractivity contribution is -0.117. The van der Waals surface area contributed by atoms with E-state index in [-0.39, 0.29) is 16.7 Å². The van der Waals surface area contributed by atoms with Crippen molar-refractivity contribution in [2.45, 2.75) is 17.7 Å². The largest absolute Gasteiger partial charge is 0.322 e. The summed E-state index contributed by atoms with van der Waals surface area (Å²) in [4.78, 5) is 25.9. The van der Waals surface area contributed by atoms with Crippen molar-refractivity contribution < 1.29 is 18.0 Å². The van der Waals surface area contributed by atoms with Crippen LogP contribution < -0.4 is 10.2 Å². The van der Waals surface area contributed by atoms with Crippen molar-refractivity contribution in [2.75, 3.05) is 23.0 Å². The van der Waals surface area contributed by atoms with Gasteiger partial charge in [0.05, 0.1) is 4.90 Å². The van der Waals surface area contributed by atoms with E-state index >= 15 is 0 Å². The maximum absolute atomic E-state index is 12.3. The molecule has 0 spiro atoms.